The molecule has 0 aromatic heterocycles. The van der Waals surface area contributed by atoms with E-state index in [1.165, 1.54) is 56.7 Å². The number of aliphatic hydroxyl groups is 2. The minimum atomic E-state index is -1.38. The fraction of sp³-hybridized carbons (Fsp3) is 0.671. The van der Waals surface area contributed by atoms with E-state index >= 15 is 0 Å². The molecule has 0 heterocycles. The van der Waals surface area contributed by atoms with Crippen molar-refractivity contribution in [2.24, 2.45) is 22.2 Å². The van der Waals surface area contributed by atoms with Gasteiger partial charge in [-0.1, -0.05) is 195 Å². The van der Waals surface area contributed by atoms with Crippen molar-refractivity contribution in [2.45, 2.75) is 270 Å². The number of nitrogens with zero attached hydrogens (tertiary/aromatic N) is 2. The van der Waals surface area contributed by atoms with Gasteiger partial charge in [-0.15, -0.1) is 11.8 Å². The molecule has 18 nitrogen and oxygen atoms in total. The molecule has 8 unspecified atom stereocenters. The third-order valence-electron chi connectivity index (χ3n) is 19.3. The lowest BCUT2D eigenvalue weighted by molar-refractivity contribution is -0.159. The second-order valence-corrected chi connectivity index (χ2v) is 35.0. The number of benzene rings is 3. The molecule has 3 aromatic rings. The van der Waals surface area contributed by atoms with Crippen molar-refractivity contribution in [3.63, 3.8) is 0 Å². The maximum Gasteiger partial charge on any atom is 0.338 e. The zero-order valence-electron chi connectivity index (χ0n) is 66.1. The van der Waals surface area contributed by atoms with Crippen LogP contribution in [0.25, 0.3) is 4.85 Å². The van der Waals surface area contributed by atoms with Crippen LogP contribution in [0.2, 0.25) is 0 Å². The molecule has 0 fully saturated rings. The zero-order valence-corrected chi connectivity index (χ0v) is 69.3. The highest BCUT2D eigenvalue weighted by Crippen LogP contribution is 2.48. The molecule has 0 aliphatic rings. The molecule has 0 radical (unpaired) electrons. The Morgan fingerprint density at radius 3 is 1.64 bits per heavy atom. The highest BCUT2D eigenvalue weighted by molar-refractivity contribution is 8.24. The number of hydrogen-bond acceptors (Lipinski definition) is 21. The average Bonchev–Trinajstić information content (AvgIpc) is 0.790. The molecule has 0 saturated carbocycles. The van der Waals surface area contributed by atoms with Gasteiger partial charge in [0.05, 0.1) is 84.1 Å². The van der Waals surface area contributed by atoms with Crippen LogP contribution in [-0.4, -0.2) is 148 Å². The van der Waals surface area contributed by atoms with E-state index in [4.69, 9.17) is 51.9 Å². The fourth-order valence-corrected chi connectivity index (χ4v) is 16.6. The molecule has 0 bridgehead atoms. The molecule has 596 valence electrons. The van der Waals surface area contributed by atoms with E-state index in [9.17, 15) is 49.0 Å². The number of thiocarbonyl (C=S) groups is 1. The van der Waals surface area contributed by atoms with Crippen molar-refractivity contribution >= 4 is 93.5 Å². The smallest absolute Gasteiger partial charge is 0.338 e. The van der Waals surface area contributed by atoms with Crippen molar-refractivity contribution in [3.8, 4) is 6.07 Å². The number of nitriles is 1. The van der Waals surface area contributed by atoms with Crippen LogP contribution in [0.3, 0.4) is 0 Å². The number of carbonyl (C=O) groups is 7. The molecule has 107 heavy (non-hydrogen) atoms. The first kappa shape index (κ1) is 95.2. The van der Waals surface area contributed by atoms with Crippen molar-refractivity contribution in [3.05, 3.63) is 119 Å². The van der Waals surface area contributed by atoms with Crippen molar-refractivity contribution in [2.75, 3.05) is 70.1 Å². The number of thioether (sulfide) groups is 3. The van der Waals surface area contributed by atoms with Crippen LogP contribution >= 0.6 is 47.5 Å². The van der Waals surface area contributed by atoms with Crippen molar-refractivity contribution in [1.29, 1.82) is 5.26 Å². The van der Waals surface area contributed by atoms with Gasteiger partial charge in [-0.3, -0.25) is 28.8 Å². The first-order valence-corrected chi connectivity index (χ1v) is 42.4. The second kappa shape index (κ2) is 52.2. The summed E-state index contributed by atoms with van der Waals surface area (Å²) in [6.07, 6.45) is 15.9. The van der Waals surface area contributed by atoms with E-state index in [0.29, 0.717) is 72.8 Å². The van der Waals surface area contributed by atoms with Gasteiger partial charge in [0.15, 0.2) is 0 Å². The molecular formula is C85H126N2O16S4. The second-order valence-electron chi connectivity index (χ2n) is 30.3. The highest BCUT2D eigenvalue weighted by atomic mass is 32.2. The normalized spacial score (nSPS) is 14.7. The summed E-state index contributed by atoms with van der Waals surface area (Å²) in [6, 6.07) is 28.5. The van der Waals surface area contributed by atoms with Crippen LogP contribution in [0, 0.1) is 40.1 Å². The minimum absolute atomic E-state index is 0.00883. The number of esters is 7. The van der Waals surface area contributed by atoms with Crippen molar-refractivity contribution in [1.82, 2.24) is 0 Å². The van der Waals surface area contributed by atoms with E-state index in [0.717, 1.165) is 78.2 Å². The van der Waals surface area contributed by atoms with E-state index in [-0.39, 0.29) is 96.4 Å². The lowest BCUT2D eigenvalue weighted by atomic mass is 9.70. The molecule has 22 heteroatoms. The minimum Gasteiger partial charge on any atom is -0.465 e. The van der Waals surface area contributed by atoms with Gasteiger partial charge in [0, 0.05) is 37.5 Å². The summed E-state index contributed by atoms with van der Waals surface area (Å²) < 4.78 is 39.4. The standard InChI is InChI=1S/C85H126N2O16S4/c1-13-17-24-33-64(16-4)34-25-20-21-31-48-99-75(92)67-42-40-66(41-43-67)69(56-81(5,6)63-86)58-83(9,78(94)101-46-18-14-2)60-72(107-77(104)68-37-28-23-29-38-68)76(93)100-52-55-105-53-44-73(90)97-50-51-98-74(91)45-54-106-85(11,80(96)103-49-32-30-39-71(89)61-88)62-84(10,79(95)102-47-19-15-3)59-70(57-82(7,8)87-12)65-35-26-22-27-36-65/h22-23,26-29,35-38,40-43,64,69-72,88-89H,13-21,24-25,30-34,39,44-62H2,1-11H3. The third kappa shape index (κ3) is 38.0. The largest absolute Gasteiger partial charge is 0.465 e. The van der Waals surface area contributed by atoms with Gasteiger partial charge in [-0.25, -0.2) is 11.4 Å². The number of aliphatic hydroxyl groups excluding tert-OH is 2. The fourth-order valence-electron chi connectivity index (χ4n) is 13.0. The Labute approximate surface area is 658 Å². The molecule has 0 amide bonds. The summed E-state index contributed by atoms with van der Waals surface area (Å²) in [5.41, 5.74) is -1.29. The van der Waals surface area contributed by atoms with Crippen molar-refractivity contribution < 1.29 is 76.9 Å². The SMILES string of the molecule is [C-]#[N+]C(C)(C)CC(CC(C)(CC(C)(SCCC(=O)OCCOC(=O)CCSCCOC(=O)C(CC(C)(CC(CC(C)(C)C#N)c1ccc(C(=O)OCCCCCCC(CC)CCCCC)cc1)C(=O)OCCCC)SC(=S)c1ccccc1)C(=O)OCCCCC(O)CO)C(=O)OCCCC)c1ccccc1. The molecular weight excluding hydrogens is 1430 g/mol. The maximum atomic E-state index is 14.6. The molecule has 0 saturated heterocycles. The van der Waals surface area contributed by atoms with Crippen LogP contribution in [0.15, 0.2) is 84.9 Å². The van der Waals surface area contributed by atoms with E-state index in [1.54, 1.807) is 32.9 Å². The molecule has 0 spiro atoms. The van der Waals surface area contributed by atoms with Crippen LogP contribution < -0.4 is 0 Å². The summed E-state index contributed by atoms with van der Waals surface area (Å²) >= 11 is 9.61. The third-order valence-corrected chi connectivity index (χ3v) is 23.2. The topological polar surface area (TPSA) is 253 Å². The van der Waals surface area contributed by atoms with Gasteiger partial charge in [-0.05, 0) is 152 Å². The van der Waals surface area contributed by atoms with Gasteiger partial charge >= 0.3 is 41.8 Å². The first-order valence-electron chi connectivity index (χ1n) is 38.9. The van der Waals surface area contributed by atoms with Gasteiger partial charge in [0.1, 0.15) is 29.8 Å². The Morgan fingerprint density at radius 1 is 0.533 bits per heavy atom. The van der Waals surface area contributed by atoms with Crippen LogP contribution in [-0.2, 0) is 61.9 Å². The van der Waals surface area contributed by atoms with E-state index in [2.05, 4.69) is 24.8 Å². The van der Waals surface area contributed by atoms with Gasteiger partial charge in [0.2, 0.25) is 5.54 Å². The Morgan fingerprint density at radius 2 is 1.05 bits per heavy atom. The van der Waals surface area contributed by atoms with Crippen LogP contribution in [0.4, 0.5) is 0 Å². The van der Waals surface area contributed by atoms with Gasteiger partial charge < -0.3 is 48.2 Å². The number of ether oxygens (including phenoxy) is 7. The van der Waals surface area contributed by atoms with Gasteiger partial charge in [0.25, 0.3) is 0 Å². The quantitative estimate of drug-likeness (QED) is 0.0175. The summed E-state index contributed by atoms with van der Waals surface area (Å²) in [4.78, 5) is 101. The number of unbranched alkanes of at least 4 members (excludes halogenated alkanes) is 8. The number of rotatable bonds is 58. The summed E-state index contributed by atoms with van der Waals surface area (Å²) in [5, 5.41) is 28.6. The first-order chi connectivity index (χ1) is 51.1. The molecule has 8 atom stereocenters. The number of carbonyl (C=O) groups excluding carboxylic acids is 7. The highest BCUT2D eigenvalue weighted by Gasteiger charge is 2.49. The molecule has 3 rings (SSSR count). The Bertz CT molecular complexity index is 3200. The van der Waals surface area contributed by atoms with E-state index < -0.39 is 85.6 Å². The summed E-state index contributed by atoms with van der Waals surface area (Å²) in [7, 11) is 0. The molecule has 3 aromatic carbocycles. The summed E-state index contributed by atoms with van der Waals surface area (Å²) in [5.74, 6) is -2.86. The molecule has 2 N–H and O–H groups in total. The zero-order chi connectivity index (χ0) is 79.2. The lowest BCUT2D eigenvalue weighted by Crippen LogP contribution is -2.44. The predicted molar refractivity (Wildman–Crippen MR) is 433 cm³/mol. The maximum absolute atomic E-state index is 14.6. The Kier molecular flexibility index (Phi) is 46.4. The Hall–Kier alpha value is -6.01. The monoisotopic (exact) mass is 1560 g/mol. The predicted octanol–water partition coefficient (Wildman–Crippen LogP) is 18.7. The van der Waals surface area contributed by atoms with Crippen LogP contribution in [0.1, 0.15) is 276 Å². The molecule has 0 aliphatic heterocycles. The number of hydrogen-bond donors (Lipinski definition) is 2. The molecule has 0 aliphatic carbocycles. The van der Waals surface area contributed by atoms with Crippen LogP contribution in [0.5, 0.6) is 0 Å². The van der Waals surface area contributed by atoms with E-state index in [1.807, 2.05) is 114 Å². The van der Waals surface area contributed by atoms with Gasteiger partial charge in [-0.2, -0.15) is 17.0 Å². The average molecular weight is 1560 g/mol. The Balaban J connectivity index is 1.68. The lowest BCUT2D eigenvalue weighted by Gasteiger charge is -2.38. The summed E-state index contributed by atoms with van der Waals surface area (Å²) in [6.45, 7) is 29.0.